The van der Waals surface area contributed by atoms with Crippen molar-refractivity contribution in [2.24, 2.45) is 0 Å². The number of carbonyl (C=O) groups excluding carboxylic acids is 1. The summed E-state index contributed by atoms with van der Waals surface area (Å²) in [5.74, 6) is -1.58. The van der Waals surface area contributed by atoms with Gasteiger partial charge in [0, 0.05) is 5.69 Å². The van der Waals surface area contributed by atoms with Crippen molar-refractivity contribution in [2.45, 2.75) is 5.03 Å². The lowest BCUT2D eigenvalue weighted by atomic mass is 10.2. The van der Waals surface area contributed by atoms with Crippen LogP contribution in [-0.2, 0) is 4.79 Å². The number of pyridine rings is 1. The highest BCUT2D eigenvalue weighted by atomic mass is 32.2. The van der Waals surface area contributed by atoms with Gasteiger partial charge in [0.1, 0.15) is 23.0 Å². The van der Waals surface area contributed by atoms with Crippen molar-refractivity contribution >= 4 is 35.1 Å². The summed E-state index contributed by atoms with van der Waals surface area (Å²) in [4.78, 5) is 26.9. The molecule has 25 heavy (non-hydrogen) atoms. The molecule has 2 rings (SSSR count). The fourth-order valence-corrected chi connectivity index (χ4v) is 2.61. The molecule has 0 atom stereocenters. The molecule has 1 aromatic carbocycles. The van der Waals surface area contributed by atoms with E-state index in [-0.39, 0.29) is 33.3 Å². The van der Waals surface area contributed by atoms with E-state index in [1.807, 2.05) is 12.1 Å². The Kier molecular flexibility index (Phi) is 5.56. The van der Waals surface area contributed by atoms with E-state index in [9.17, 15) is 9.59 Å². The Labute approximate surface area is 146 Å². The third-order valence-corrected chi connectivity index (χ3v) is 3.98. The molecule has 1 amide bonds. The van der Waals surface area contributed by atoms with E-state index in [0.717, 1.165) is 11.8 Å². The standard InChI is InChI=1S/C16H11N5O3S/c17-6-10-4-11(7-18)15(21-14(10)19)25-8-13(22)20-12-3-1-2-9(5-12)16(23)24/h1-5H,8H2,(H2,19,21)(H,20,22)(H,23,24). The number of nitrogens with two attached hydrogens (primary N) is 1. The number of rotatable bonds is 5. The molecule has 0 saturated heterocycles. The van der Waals surface area contributed by atoms with Crippen LogP contribution in [-0.4, -0.2) is 27.7 Å². The molecule has 124 valence electrons. The highest BCUT2D eigenvalue weighted by Gasteiger charge is 2.13. The van der Waals surface area contributed by atoms with Crippen molar-refractivity contribution in [3.8, 4) is 12.1 Å². The number of nitriles is 2. The van der Waals surface area contributed by atoms with Crippen LogP contribution in [0.4, 0.5) is 11.5 Å². The summed E-state index contributed by atoms with van der Waals surface area (Å²) < 4.78 is 0. The summed E-state index contributed by atoms with van der Waals surface area (Å²) in [6.45, 7) is 0. The molecule has 0 bridgehead atoms. The number of hydrogen-bond acceptors (Lipinski definition) is 7. The number of nitrogens with zero attached hydrogens (tertiary/aromatic N) is 3. The average molecular weight is 353 g/mol. The Balaban J connectivity index is 2.07. The first-order chi connectivity index (χ1) is 11.9. The topological polar surface area (TPSA) is 153 Å². The molecule has 0 fully saturated rings. The van der Waals surface area contributed by atoms with Crippen molar-refractivity contribution in [2.75, 3.05) is 16.8 Å². The average Bonchev–Trinajstić information content (AvgIpc) is 2.60. The monoisotopic (exact) mass is 353 g/mol. The van der Waals surface area contributed by atoms with Crippen LogP contribution >= 0.6 is 11.8 Å². The number of amides is 1. The van der Waals surface area contributed by atoms with Gasteiger partial charge in [0.2, 0.25) is 5.91 Å². The van der Waals surface area contributed by atoms with Crippen LogP contribution in [0.2, 0.25) is 0 Å². The van der Waals surface area contributed by atoms with Crippen molar-refractivity contribution in [3.63, 3.8) is 0 Å². The van der Waals surface area contributed by atoms with E-state index in [0.29, 0.717) is 5.69 Å². The van der Waals surface area contributed by atoms with Gasteiger partial charge in [-0.3, -0.25) is 4.79 Å². The number of carbonyl (C=O) groups is 2. The largest absolute Gasteiger partial charge is 0.478 e. The van der Waals surface area contributed by atoms with Gasteiger partial charge in [-0.05, 0) is 24.3 Å². The maximum Gasteiger partial charge on any atom is 0.335 e. The molecule has 0 spiro atoms. The second kappa shape index (κ2) is 7.81. The van der Waals surface area contributed by atoms with Gasteiger partial charge in [0.15, 0.2) is 0 Å². The summed E-state index contributed by atoms with van der Waals surface area (Å²) in [6, 6.07) is 10.9. The molecule has 0 aliphatic rings. The minimum atomic E-state index is -1.10. The normalized spacial score (nSPS) is 9.68. The summed E-state index contributed by atoms with van der Waals surface area (Å²) in [6.07, 6.45) is 0. The lowest BCUT2D eigenvalue weighted by Gasteiger charge is -2.07. The van der Waals surface area contributed by atoms with E-state index < -0.39 is 11.9 Å². The van der Waals surface area contributed by atoms with Crippen LogP contribution in [0.3, 0.4) is 0 Å². The highest BCUT2D eigenvalue weighted by molar-refractivity contribution is 8.00. The van der Waals surface area contributed by atoms with Crippen LogP contribution in [0.25, 0.3) is 0 Å². The van der Waals surface area contributed by atoms with Gasteiger partial charge in [0.05, 0.1) is 22.4 Å². The Morgan fingerprint density at radius 1 is 1.24 bits per heavy atom. The minimum Gasteiger partial charge on any atom is -0.478 e. The third kappa shape index (κ3) is 4.47. The lowest BCUT2D eigenvalue weighted by Crippen LogP contribution is -2.15. The van der Waals surface area contributed by atoms with Crippen LogP contribution in [0.5, 0.6) is 0 Å². The summed E-state index contributed by atoms with van der Waals surface area (Å²) in [5, 5.41) is 29.7. The Hall–Kier alpha value is -3.56. The predicted octanol–water partition coefficient (Wildman–Crippen LogP) is 1.84. The van der Waals surface area contributed by atoms with Crippen molar-refractivity contribution < 1.29 is 14.7 Å². The maximum atomic E-state index is 12.0. The summed E-state index contributed by atoms with van der Waals surface area (Å²) in [5.41, 5.74) is 6.26. The van der Waals surface area contributed by atoms with E-state index in [2.05, 4.69) is 10.3 Å². The number of carboxylic acids is 1. The number of hydrogen-bond donors (Lipinski definition) is 3. The van der Waals surface area contributed by atoms with Gasteiger partial charge < -0.3 is 16.2 Å². The van der Waals surface area contributed by atoms with Crippen LogP contribution in [0.1, 0.15) is 21.5 Å². The van der Waals surface area contributed by atoms with Gasteiger partial charge in [-0.15, -0.1) is 0 Å². The first-order valence-electron chi connectivity index (χ1n) is 6.81. The molecule has 0 radical (unpaired) electrons. The van der Waals surface area contributed by atoms with Gasteiger partial charge in [-0.1, -0.05) is 17.8 Å². The van der Waals surface area contributed by atoms with E-state index in [1.165, 1.54) is 24.3 Å². The molecule has 4 N–H and O–H groups in total. The fraction of sp³-hybridized carbons (Fsp3) is 0.0625. The fourth-order valence-electron chi connectivity index (χ4n) is 1.85. The SMILES string of the molecule is N#Cc1cc(C#N)c(SCC(=O)Nc2cccc(C(=O)O)c2)nc1N. The minimum absolute atomic E-state index is 0.0152. The van der Waals surface area contributed by atoms with Crippen LogP contribution in [0, 0.1) is 22.7 Å². The van der Waals surface area contributed by atoms with Crippen LogP contribution < -0.4 is 11.1 Å². The first-order valence-corrected chi connectivity index (χ1v) is 7.80. The number of nitrogens with one attached hydrogen (secondary N) is 1. The number of benzene rings is 1. The Morgan fingerprint density at radius 3 is 2.60 bits per heavy atom. The Morgan fingerprint density at radius 2 is 1.96 bits per heavy atom. The Bertz CT molecular complexity index is 930. The molecule has 8 nitrogen and oxygen atoms in total. The van der Waals surface area contributed by atoms with Crippen molar-refractivity contribution in [1.29, 1.82) is 10.5 Å². The molecule has 9 heteroatoms. The van der Waals surface area contributed by atoms with Crippen molar-refractivity contribution in [3.05, 3.63) is 47.0 Å². The zero-order valence-electron chi connectivity index (χ0n) is 12.7. The maximum absolute atomic E-state index is 12.0. The highest BCUT2D eigenvalue weighted by Crippen LogP contribution is 2.24. The van der Waals surface area contributed by atoms with Gasteiger partial charge in [-0.25, -0.2) is 9.78 Å². The molecular weight excluding hydrogens is 342 g/mol. The number of nitrogen functional groups attached to an aromatic ring is 1. The molecule has 0 aliphatic heterocycles. The predicted molar refractivity (Wildman–Crippen MR) is 90.8 cm³/mol. The summed E-state index contributed by atoms with van der Waals surface area (Å²) in [7, 11) is 0. The molecule has 1 heterocycles. The summed E-state index contributed by atoms with van der Waals surface area (Å²) >= 11 is 0.991. The van der Waals surface area contributed by atoms with E-state index in [1.54, 1.807) is 6.07 Å². The van der Waals surface area contributed by atoms with E-state index >= 15 is 0 Å². The zero-order chi connectivity index (χ0) is 18.4. The number of thioether (sulfide) groups is 1. The number of aromatic carboxylic acids is 1. The molecule has 0 aliphatic carbocycles. The van der Waals surface area contributed by atoms with Gasteiger partial charge in [0.25, 0.3) is 0 Å². The lowest BCUT2D eigenvalue weighted by molar-refractivity contribution is -0.113. The molecule has 1 aromatic heterocycles. The van der Waals surface area contributed by atoms with Crippen molar-refractivity contribution in [1.82, 2.24) is 4.98 Å². The van der Waals surface area contributed by atoms with Crippen LogP contribution in [0.15, 0.2) is 35.4 Å². The third-order valence-electron chi connectivity index (χ3n) is 2.99. The molecule has 0 unspecified atom stereocenters. The number of anilines is 2. The molecular formula is C16H11N5O3S. The number of aromatic nitrogens is 1. The number of carboxylic acid groups (broad SMARTS) is 1. The second-order valence-electron chi connectivity index (χ2n) is 4.72. The molecule has 0 saturated carbocycles. The van der Waals surface area contributed by atoms with Gasteiger partial charge in [-0.2, -0.15) is 10.5 Å². The molecule has 2 aromatic rings. The zero-order valence-corrected chi connectivity index (χ0v) is 13.5. The quantitative estimate of drug-likeness (QED) is 0.688. The van der Waals surface area contributed by atoms with E-state index in [4.69, 9.17) is 21.4 Å². The second-order valence-corrected chi connectivity index (χ2v) is 5.68. The smallest absolute Gasteiger partial charge is 0.335 e. The first kappa shape index (κ1) is 17.8. The van der Waals surface area contributed by atoms with Gasteiger partial charge >= 0.3 is 5.97 Å².